The van der Waals surface area contributed by atoms with E-state index in [0.717, 1.165) is 48.1 Å². The number of benzene rings is 1. The quantitative estimate of drug-likeness (QED) is 0.486. The van der Waals surface area contributed by atoms with Crippen molar-refractivity contribution in [2.75, 3.05) is 32.1 Å². The highest BCUT2D eigenvalue weighted by molar-refractivity contribution is 7.09. The van der Waals surface area contributed by atoms with Gasteiger partial charge in [0.25, 0.3) is 5.91 Å². The summed E-state index contributed by atoms with van der Waals surface area (Å²) in [5.41, 5.74) is 2.16. The third-order valence-electron chi connectivity index (χ3n) is 5.57. The molecule has 4 rings (SSSR count). The monoisotopic (exact) mass is 477 g/mol. The van der Waals surface area contributed by atoms with E-state index in [1.165, 1.54) is 0 Å². The summed E-state index contributed by atoms with van der Waals surface area (Å²) < 4.78 is 11.3. The number of rotatable bonds is 6. The summed E-state index contributed by atoms with van der Waals surface area (Å²) in [5, 5.41) is 19.6. The van der Waals surface area contributed by atoms with Gasteiger partial charge in [0.15, 0.2) is 12.1 Å². The fourth-order valence-corrected chi connectivity index (χ4v) is 4.95. The molecule has 1 amide bonds. The first-order chi connectivity index (χ1) is 15.6. The predicted octanol–water partition coefficient (Wildman–Crippen LogP) is 4.44. The lowest BCUT2D eigenvalue weighted by Crippen LogP contribution is -2.37. The molecule has 2 aromatic heterocycles. The molecule has 1 unspecified atom stereocenters. The molecule has 1 atom stereocenters. The van der Waals surface area contributed by atoms with Crippen LogP contribution in [0.1, 0.15) is 40.3 Å². The number of carbonyl (C=O) groups excluding carboxylic acids is 1. The third kappa shape index (κ3) is 5.27. The molecule has 3 N–H and O–H groups in total. The molecular formula is C23H28ClN3O4S. The summed E-state index contributed by atoms with van der Waals surface area (Å²) >= 11 is 8.18. The van der Waals surface area contributed by atoms with Gasteiger partial charge in [0, 0.05) is 29.5 Å². The maximum atomic E-state index is 13.4. The van der Waals surface area contributed by atoms with Crippen LogP contribution >= 0.6 is 22.9 Å². The van der Waals surface area contributed by atoms with Crippen molar-refractivity contribution in [2.24, 2.45) is 0 Å². The number of fused-ring (bicyclic) bond motifs is 3. The summed E-state index contributed by atoms with van der Waals surface area (Å²) in [7, 11) is 1.62. The van der Waals surface area contributed by atoms with Crippen LogP contribution < -0.4 is 10.6 Å². The first-order valence-electron chi connectivity index (χ1n) is 10.8. The molecule has 1 aliphatic heterocycles. The molecule has 0 radical (unpaired) electrons. The first kappa shape index (κ1) is 23.1. The zero-order valence-electron chi connectivity index (χ0n) is 18.0. The SMILES string of the molecule is COCCN(Cc1cccs1)C(=O)c1cc2cc(Cl)c3c(c2o1)CCCCCNC(O)N3. The lowest BCUT2D eigenvalue weighted by molar-refractivity contribution is 0.0653. The standard InChI is InChI=1S/C23H28ClN3O4S/c1-30-10-9-27(14-16-6-5-11-32-16)22(28)19-13-15-12-18(24)20-17(21(15)31-19)7-3-2-4-8-25-23(29)26-20/h5-6,11-13,23,25-26,29H,2-4,7-10,14H2,1H3. The average molecular weight is 478 g/mol. The van der Waals surface area contributed by atoms with E-state index in [2.05, 4.69) is 10.6 Å². The Morgan fingerprint density at radius 1 is 1.38 bits per heavy atom. The van der Waals surface area contributed by atoms with Crippen LogP contribution in [-0.4, -0.2) is 49.1 Å². The van der Waals surface area contributed by atoms with Gasteiger partial charge in [-0.15, -0.1) is 11.3 Å². The Morgan fingerprint density at radius 2 is 2.25 bits per heavy atom. The van der Waals surface area contributed by atoms with Gasteiger partial charge in [0.2, 0.25) is 0 Å². The Balaban J connectivity index is 1.69. The minimum atomic E-state index is -0.909. The Hall–Kier alpha value is -2.10. The van der Waals surface area contributed by atoms with Crippen molar-refractivity contribution in [1.29, 1.82) is 0 Å². The van der Waals surface area contributed by atoms with Gasteiger partial charge >= 0.3 is 0 Å². The number of anilines is 1. The van der Waals surface area contributed by atoms with Crippen LogP contribution in [0.15, 0.2) is 34.1 Å². The minimum absolute atomic E-state index is 0.189. The van der Waals surface area contributed by atoms with Crippen molar-refractivity contribution in [1.82, 2.24) is 10.2 Å². The lowest BCUT2D eigenvalue weighted by atomic mass is 10.0. The number of hydrogen-bond acceptors (Lipinski definition) is 7. The summed E-state index contributed by atoms with van der Waals surface area (Å²) in [6.45, 7) is 2.12. The second-order valence-corrected chi connectivity index (χ2v) is 9.29. The Kier molecular flexibility index (Phi) is 7.70. The van der Waals surface area contributed by atoms with Crippen LogP contribution in [0.4, 0.5) is 5.69 Å². The topological polar surface area (TPSA) is 87.0 Å². The number of carbonyl (C=O) groups is 1. The largest absolute Gasteiger partial charge is 0.451 e. The highest BCUT2D eigenvalue weighted by atomic mass is 35.5. The van der Waals surface area contributed by atoms with E-state index < -0.39 is 6.35 Å². The van der Waals surface area contributed by atoms with Crippen LogP contribution in [0.3, 0.4) is 0 Å². The molecular weight excluding hydrogens is 450 g/mol. The van der Waals surface area contributed by atoms with E-state index in [0.29, 0.717) is 36.0 Å². The second-order valence-electron chi connectivity index (χ2n) is 7.85. The highest BCUT2D eigenvalue weighted by Gasteiger charge is 2.24. The van der Waals surface area contributed by atoms with Crippen molar-refractivity contribution in [3.63, 3.8) is 0 Å². The van der Waals surface area contributed by atoms with Crippen molar-refractivity contribution >= 4 is 45.5 Å². The third-order valence-corrected chi connectivity index (χ3v) is 6.73. The number of furan rings is 1. The van der Waals surface area contributed by atoms with Crippen LogP contribution in [-0.2, 0) is 17.7 Å². The van der Waals surface area contributed by atoms with Gasteiger partial charge in [-0.25, -0.2) is 0 Å². The van der Waals surface area contributed by atoms with Crippen LogP contribution in [0.2, 0.25) is 5.02 Å². The number of amides is 1. The Labute approximate surface area is 196 Å². The van der Waals surface area contributed by atoms with Crippen molar-refractivity contribution in [3.05, 3.63) is 50.9 Å². The van der Waals surface area contributed by atoms with Gasteiger partial charge in [-0.1, -0.05) is 24.1 Å². The zero-order chi connectivity index (χ0) is 22.5. The van der Waals surface area contributed by atoms with Gasteiger partial charge in [0.1, 0.15) is 5.58 Å². The first-order valence-corrected chi connectivity index (χ1v) is 12.1. The van der Waals surface area contributed by atoms with Gasteiger partial charge in [-0.2, -0.15) is 0 Å². The van der Waals surface area contributed by atoms with E-state index >= 15 is 0 Å². The van der Waals surface area contributed by atoms with Crippen molar-refractivity contribution in [3.8, 4) is 0 Å². The number of hydrogen-bond donors (Lipinski definition) is 3. The van der Waals surface area contributed by atoms with E-state index in [1.807, 2.05) is 17.5 Å². The second kappa shape index (κ2) is 10.7. The normalized spacial score (nSPS) is 17.0. The van der Waals surface area contributed by atoms with Gasteiger partial charge in [-0.3, -0.25) is 10.1 Å². The maximum Gasteiger partial charge on any atom is 0.290 e. The molecule has 3 heterocycles. The lowest BCUT2D eigenvalue weighted by Gasteiger charge is -2.21. The number of halogens is 1. The van der Waals surface area contributed by atoms with Crippen LogP contribution in [0, 0.1) is 0 Å². The number of thiophene rings is 1. The predicted molar refractivity (Wildman–Crippen MR) is 127 cm³/mol. The fraction of sp³-hybridized carbons (Fsp3) is 0.435. The van der Waals surface area contributed by atoms with Crippen molar-refractivity contribution in [2.45, 2.75) is 38.6 Å². The molecule has 32 heavy (non-hydrogen) atoms. The molecule has 172 valence electrons. The smallest absolute Gasteiger partial charge is 0.290 e. The summed E-state index contributed by atoms with van der Waals surface area (Å²) in [4.78, 5) is 16.2. The summed E-state index contributed by atoms with van der Waals surface area (Å²) in [6, 6.07) is 7.52. The number of nitrogens with zero attached hydrogens (tertiary/aromatic N) is 1. The summed E-state index contributed by atoms with van der Waals surface area (Å²) in [6.07, 6.45) is 2.79. The molecule has 7 nitrogen and oxygen atoms in total. The number of methoxy groups -OCH3 is 1. The molecule has 1 aliphatic rings. The van der Waals surface area contributed by atoms with Crippen LogP contribution in [0.5, 0.6) is 0 Å². The highest BCUT2D eigenvalue weighted by Crippen LogP contribution is 2.37. The van der Waals surface area contributed by atoms with Crippen molar-refractivity contribution < 1.29 is 19.1 Å². The molecule has 0 saturated carbocycles. The Morgan fingerprint density at radius 3 is 3.03 bits per heavy atom. The molecule has 0 spiro atoms. The van der Waals surface area contributed by atoms with Gasteiger partial charge in [-0.05, 0) is 49.4 Å². The molecule has 0 bridgehead atoms. The maximum absolute atomic E-state index is 13.4. The minimum Gasteiger partial charge on any atom is -0.451 e. The number of aliphatic hydroxyl groups is 1. The molecule has 0 saturated heterocycles. The summed E-state index contributed by atoms with van der Waals surface area (Å²) in [5.74, 6) is 0.0824. The molecule has 9 heteroatoms. The number of aryl methyl sites for hydroxylation is 1. The fourth-order valence-electron chi connectivity index (χ4n) is 3.94. The number of aliphatic hydroxyl groups excluding tert-OH is 1. The number of ether oxygens (including phenoxy) is 1. The van der Waals surface area contributed by atoms with E-state index in [1.54, 1.807) is 35.5 Å². The number of nitrogens with one attached hydrogen (secondary N) is 2. The van der Waals surface area contributed by atoms with E-state index in [9.17, 15) is 9.90 Å². The molecule has 0 fully saturated rings. The van der Waals surface area contributed by atoms with E-state index in [-0.39, 0.29) is 11.7 Å². The zero-order valence-corrected chi connectivity index (χ0v) is 19.6. The van der Waals surface area contributed by atoms with Gasteiger partial charge in [0.05, 0.1) is 23.9 Å². The molecule has 0 aliphatic carbocycles. The molecule has 1 aromatic carbocycles. The van der Waals surface area contributed by atoms with Crippen LogP contribution in [0.25, 0.3) is 11.0 Å². The molecule has 3 aromatic rings. The average Bonchev–Trinajstić information content (AvgIpc) is 3.44. The van der Waals surface area contributed by atoms with E-state index in [4.69, 9.17) is 20.8 Å². The van der Waals surface area contributed by atoms with Gasteiger partial charge < -0.3 is 24.5 Å². The Bertz CT molecular complexity index is 1050.